The van der Waals surface area contributed by atoms with Gasteiger partial charge in [-0.1, -0.05) is 70.7 Å². The van der Waals surface area contributed by atoms with Crippen LogP contribution in [0.4, 0.5) is 5.69 Å². The van der Waals surface area contributed by atoms with E-state index in [1.54, 1.807) is 44.2 Å². The Labute approximate surface area is 242 Å². The summed E-state index contributed by atoms with van der Waals surface area (Å²) >= 11 is 24.8. The fraction of sp³-hybridized carbons (Fsp3) is 0.231. The Balaban J connectivity index is 2.07. The van der Waals surface area contributed by atoms with Crippen molar-refractivity contribution in [3.05, 3.63) is 92.4 Å². The van der Waals surface area contributed by atoms with E-state index in [2.05, 4.69) is 5.32 Å². The molecular weight excluding hydrogens is 592 g/mol. The van der Waals surface area contributed by atoms with Gasteiger partial charge in [-0.3, -0.25) is 13.9 Å². The molecule has 38 heavy (non-hydrogen) atoms. The third kappa shape index (κ3) is 7.12. The van der Waals surface area contributed by atoms with Crippen molar-refractivity contribution in [2.24, 2.45) is 0 Å². The van der Waals surface area contributed by atoms with E-state index >= 15 is 0 Å². The first kappa shape index (κ1) is 30.1. The highest BCUT2D eigenvalue weighted by Crippen LogP contribution is 2.33. The molecule has 3 rings (SSSR count). The molecular formula is C26H25Cl4N3O4S. The Morgan fingerprint density at radius 2 is 1.50 bits per heavy atom. The Hall–Kier alpha value is -2.49. The molecule has 0 fully saturated rings. The monoisotopic (exact) mass is 615 g/mol. The van der Waals surface area contributed by atoms with Crippen molar-refractivity contribution in [2.45, 2.75) is 31.3 Å². The maximum Gasteiger partial charge on any atom is 0.264 e. The summed E-state index contributed by atoms with van der Waals surface area (Å²) in [6, 6.07) is 15.8. The van der Waals surface area contributed by atoms with Gasteiger partial charge in [-0.05, 0) is 61.9 Å². The summed E-state index contributed by atoms with van der Waals surface area (Å²) in [6.07, 6.45) is 0. The number of hydrogen-bond acceptors (Lipinski definition) is 4. The van der Waals surface area contributed by atoms with Gasteiger partial charge in [0, 0.05) is 28.2 Å². The number of likely N-dealkylation sites (N-methyl/N-ethyl adjacent to an activating group) is 1. The molecule has 3 aromatic rings. The number of halogens is 4. The number of anilines is 1. The highest BCUT2D eigenvalue weighted by molar-refractivity contribution is 7.92. The van der Waals surface area contributed by atoms with Crippen molar-refractivity contribution in [2.75, 3.05) is 17.4 Å². The van der Waals surface area contributed by atoms with Crippen molar-refractivity contribution >= 4 is 73.9 Å². The zero-order valence-corrected chi connectivity index (χ0v) is 24.3. The lowest BCUT2D eigenvalue weighted by atomic mass is 10.1. The van der Waals surface area contributed by atoms with E-state index in [1.165, 1.54) is 41.3 Å². The maximum atomic E-state index is 13.8. The molecule has 0 radical (unpaired) electrons. The van der Waals surface area contributed by atoms with Crippen LogP contribution in [-0.4, -0.2) is 44.3 Å². The van der Waals surface area contributed by atoms with Gasteiger partial charge in [0.2, 0.25) is 11.8 Å². The van der Waals surface area contributed by atoms with Crippen molar-refractivity contribution in [1.82, 2.24) is 10.2 Å². The molecule has 0 unspecified atom stereocenters. The average molecular weight is 617 g/mol. The summed E-state index contributed by atoms with van der Waals surface area (Å²) in [6.45, 7) is 2.94. The van der Waals surface area contributed by atoms with Crippen LogP contribution in [0, 0.1) is 0 Å². The molecule has 12 heteroatoms. The SMILES string of the molecule is CCNC(=O)[C@@H](C)N(Cc1ccc(Cl)cc1Cl)C(=O)CN(c1ccc(Cl)cc1Cl)S(=O)(=O)c1ccccc1. The van der Waals surface area contributed by atoms with Crippen LogP contribution in [0.3, 0.4) is 0 Å². The fourth-order valence-corrected chi connectivity index (χ4v) is 6.14. The molecule has 0 heterocycles. The second kappa shape index (κ2) is 13.0. The lowest BCUT2D eigenvalue weighted by molar-refractivity contribution is -0.139. The van der Waals surface area contributed by atoms with Crippen LogP contribution in [0.5, 0.6) is 0 Å². The summed E-state index contributed by atoms with van der Waals surface area (Å²) < 4.78 is 28.4. The number of amides is 2. The summed E-state index contributed by atoms with van der Waals surface area (Å²) in [5.41, 5.74) is 0.589. The Morgan fingerprint density at radius 1 is 0.895 bits per heavy atom. The molecule has 2 amide bonds. The maximum absolute atomic E-state index is 13.8. The smallest absolute Gasteiger partial charge is 0.264 e. The number of nitrogens with one attached hydrogen (secondary N) is 1. The van der Waals surface area contributed by atoms with Gasteiger partial charge in [-0.15, -0.1) is 0 Å². The highest BCUT2D eigenvalue weighted by atomic mass is 35.5. The molecule has 202 valence electrons. The largest absolute Gasteiger partial charge is 0.355 e. The predicted molar refractivity (Wildman–Crippen MR) is 153 cm³/mol. The summed E-state index contributed by atoms with van der Waals surface area (Å²) in [4.78, 5) is 27.8. The summed E-state index contributed by atoms with van der Waals surface area (Å²) in [7, 11) is -4.25. The minimum Gasteiger partial charge on any atom is -0.355 e. The molecule has 0 aliphatic carbocycles. The predicted octanol–water partition coefficient (Wildman–Crippen LogP) is 6.05. The van der Waals surface area contributed by atoms with Crippen LogP contribution in [0.25, 0.3) is 0 Å². The lowest BCUT2D eigenvalue weighted by Gasteiger charge is -2.32. The number of sulfonamides is 1. The zero-order valence-electron chi connectivity index (χ0n) is 20.5. The average Bonchev–Trinajstić information content (AvgIpc) is 2.87. The third-order valence-corrected chi connectivity index (χ3v) is 8.56. The molecule has 0 saturated heterocycles. The van der Waals surface area contributed by atoms with Crippen LogP contribution < -0.4 is 9.62 Å². The van der Waals surface area contributed by atoms with Gasteiger partial charge in [0.25, 0.3) is 10.0 Å². The minimum absolute atomic E-state index is 0.0360. The number of nitrogens with zero attached hydrogens (tertiary/aromatic N) is 2. The fourth-order valence-electron chi connectivity index (χ4n) is 3.65. The molecule has 1 N–H and O–H groups in total. The lowest BCUT2D eigenvalue weighted by Crippen LogP contribution is -2.51. The molecule has 0 aliphatic heterocycles. The Bertz CT molecular complexity index is 1420. The molecule has 0 spiro atoms. The molecule has 0 bridgehead atoms. The molecule has 0 aromatic heterocycles. The van der Waals surface area contributed by atoms with Gasteiger partial charge in [-0.25, -0.2) is 8.42 Å². The standard InChI is InChI=1S/C26H25Cl4N3O4S/c1-3-31-26(35)17(2)32(15-18-9-10-19(27)13-22(18)29)25(34)16-33(24-12-11-20(28)14-23(24)30)38(36,37)21-7-5-4-6-8-21/h4-14,17H,3,15-16H2,1-2H3,(H,31,35)/t17-/m1/s1. The molecule has 0 aliphatic rings. The van der Waals surface area contributed by atoms with Crippen LogP contribution in [-0.2, 0) is 26.2 Å². The van der Waals surface area contributed by atoms with Crippen molar-refractivity contribution in [3.8, 4) is 0 Å². The van der Waals surface area contributed by atoms with E-state index in [0.29, 0.717) is 27.2 Å². The second-order valence-electron chi connectivity index (χ2n) is 8.25. The minimum atomic E-state index is -4.25. The van der Waals surface area contributed by atoms with Crippen molar-refractivity contribution in [3.63, 3.8) is 0 Å². The van der Waals surface area contributed by atoms with E-state index in [9.17, 15) is 18.0 Å². The Morgan fingerprint density at radius 3 is 2.08 bits per heavy atom. The van der Waals surface area contributed by atoms with Crippen LogP contribution in [0.1, 0.15) is 19.4 Å². The van der Waals surface area contributed by atoms with Crippen molar-refractivity contribution in [1.29, 1.82) is 0 Å². The zero-order chi connectivity index (χ0) is 28.0. The van der Waals surface area contributed by atoms with Crippen LogP contribution in [0.2, 0.25) is 20.1 Å². The van der Waals surface area contributed by atoms with Crippen LogP contribution >= 0.6 is 46.4 Å². The second-order valence-corrected chi connectivity index (χ2v) is 11.8. The first-order valence-electron chi connectivity index (χ1n) is 11.5. The first-order chi connectivity index (χ1) is 17.9. The van der Waals surface area contributed by atoms with Crippen LogP contribution in [0.15, 0.2) is 71.6 Å². The highest BCUT2D eigenvalue weighted by Gasteiger charge is 2.33. The normalized spacial score (nSPS) is 12.1. The molecule has 1 atom stereocenters. The van der Waals surface area contributed by atoms with Gasteiger partial charge in [0.1, 0.15) is 12.6 Å². The van der Waals surface area contributed by atoms with E-state index in [1.807, 2.05) is 0 Å². The number of carbonyl (C=O) groups excluding carboxylic acids is 2. The van der Waals surface area contributed by atoms with Gasteiger partial charge in [0.15, 0.2) is 0 Å². The topological polar surface area (TPSA) is 86.8 Å². The van der Waals surface area contributed by atoms with Gasteiger partial charge in [0.05, 0.1) is 15.6 Å². The summed E-state index contributed by atoms with van der Waals surface area (Å²) in [5, 5.41) is 3.73. The molecule has 7 nitrogen and oxygen atoms in total. The van der Waals surface area contributed by atoms with E-state index in [0.717, 1.165) is 4.31 Å². The van der Waals surface area contributed by atoms with Gasteiger partial charge < -0.3 is 10.2 Å². The number of hydrogen-bond donors (Lipinski definition) is 1. The van der Waals surface area contributed by atoms with E-state index in [-0.39, 0.29) is 22.2 Å². The summed E-state index contributed by atoms with van der Waals surface area (Å²) in [5.74, 6) is -1.06. The van der Waals surface area contributed by atoms with Gasteiger partial charge >= 0.3 is 0 Å². The quantitative estimate of drug-likeness (QED) is 0.300. The van der Waals surface area contributed by atoms with Gasteiger partial charge in [-0.2, -0.15) is 0 Å². The first-order valence-corrected chi connectivity index (χ1v) is 14.4. The van der Waals surface area contributed by atoms with Crippen molar-refractivity contribution < 1.29 is 18.0 Å². The Kier molecular flexibility index (Phi) is 10.3. The number of rotatable bonds is 10. The molecule has 3 aromatic carbocycles. The number of carbonyl (C=O) groups is 2. The molecule has 0 saturated carbocycles. The van der Waals surface area contributed by atoms with E-state index in [4.69, 9.17) is 46.4 Å². The van der Waals surface area contributed by atoms with E-state index < -0.39 is 34.4 Å². The number of benzene rings is 3. The third-order valence-electron chi connectivity index (χ3n) is 5.66.